The second-order valence-corrected chi connectivity index (χ2v) is 8.63. The van der Waals surface area contributed by atoms with Crippen molar-refractivity contribution in [2.45, 2.75) is 16.2 Å². The molecule has 5 rings (SSSR count). The Hall–Kier alpha value is -3.78. The van der Waals surface area contributed by atoms with E-state index < -0.39 is 0 Å². The zero-order chi connectivity index (χ0) is 22.8. The highest BCUT2D eigenvalue weighted by atomic mass is 32.2. The molecule has 7 nitrogen and oxygen atoms in total. The topological polar surface area (TPSA) is 84.9 Å². The van der Waals surface area contributed by atoms with Gasteiger partial charge in [0.2, 0.25) is 5.91 Å². The Morgan fingerprint density at radius 1 is 0.879 bits per heavy atom. The van der Waals surface area contributed by atoms with E-state index in [1.54, 1.807) is 30.3 Å². The first-order chi connectivity index (χ1) is 16.1. The number of hydrogen-bond acceptors (Lipinski definition) is 6. The van der Waals surface area contributed by atoms with Gasteiger partial charge in [0, 0.05) is 34.9 Å². The number of anilines is 1. The van der Waals surface area contributed by atoms with Gasteiger partial charge in [-0.25, -0.2) is 0 Å². The number of benzene rings is 3. The van der Waals surface area contributed by atoms with Crippen molar-refractivity contribution in [2.75, 3.05) is 25.1 Å². The Morgan fingerprint density at radius 3 is 2.15 bits per heavy atom. The number of amides is 3. The van der Waals surface area contributed by atoms with E-state index in [0.717, 1.165) is 14.7 Å². The Morgan fingerprint density at radius 2 is 1.48 bits per heavy atom. The summed E-state index contributed by atoms with van der Waals surface area (Å²) in [5, 5.41) is 2.91. The molecule has 0 saturated heterocycles. The van der Waals surface area contributed by atoms with Gasteiger partial charge in [0.25, 0.3) is 11.8 Å². The lowest BCUT2D eigenvalue weighted by Crippen LogP contribution is -2.32. The summed E-state index contributed by atoms with van der Waals surface area (Å²) >= 11 is 1.50. The second kappa shape index (κ2) is 8.99. The molecule has 0 atom stereocenters. The number of imide groups is 1. The Balaban J connectivity index is 1.31. The molecule has 8 heteroatoms. The van der Waals surface area contributed by atoms with E-state index in [1.807, 2.05) is 36.4 Å². The molecule has 3 aromatic carbocycles. The van der Waals surface area contributed by atoms with Crippen molar-refractivity contribution >= 4 is 35.2 Å². The summed E-state index contributed by atoms with van der Waals surface area (Å²) < 4.78 is 11.4. The van der Waals surface area contributed by atoms with Crippen LogP contribution in [-0.4, -0.2) is 42.4 Å². The number of carbonyl (C=O) groups excluding carboxylic acids is 3. The van der Waals surface area contributed by atoms with Crippen LogP contribution in [0, 0.1) is 0 Å². The van der Waals surface area contributed by atoms with Gasteiger partial charge in [0.15, 0.2) is 11.5 Å². The quantitative estimate of drug-likeness (QED) is 0.554. The number of fused-ring (bicyclic) bond motifs is 2. The first kappa shape index (κ1) is 21.1. The van der Waals surface area contributed by atoms with Crippen LogP contribution < -0.4 is 14.8 Å². The Kier molecular flexibility index (Phi) is 5.75. The summed E-state index contributed by atoms with van der Waals surface area (Å²) in [6, 6.07) is 20.1. The molecule has 3 aromatic rings. The van der Waals surface area contributed by atoms with Gasteiger partial charge in [0.05, 0.1) is 16.8 Å². The van der Waals surface area contributed by atoms with Gasteiger partial charge < -0.3 is 14.8 Å². The Bertz CT molecular complexity index is 1210. The predicted octanol–water partition coefficient (Wildman–Crippen LogP) is 4.23. The van der Waals surface area contributed by atoms with E-state index in [-0.39, 0.29) is 30.7 Å². The number of carbonyl (C=O) groups is 3. The van der Waals surface area contributed by atoms with Crippen LogP contribution >= 0.6 is 11.8 Å². The predicted molar refractivity (Wildman–Crippen MR) is 123 cm³/mol. The summed E-state index contributed by atoms with van der Waals surface area (Å²) in [6.07, 6.45) is -0.0185. The maximum absolute atomic E-state index is 12.8. The molecule has 2 heterocycles. The normalized spacial score (nSPS) is 14.2. The standard InChI is InChI=1S/C25H20N2O5S/c28-23(10-11-27-24(29)17-8-4-5-9-18(17)25(27)30)26-19-14-20-21(32-13-12-31-20)15-22(19)33-16-6-2-1-3-7-16/h1-9,14-15H,10-13H2,(H,26,28). The molecule has 0 spiro atoms. The highest BCUT2D eigenvalue weighted by molar-refractivity contribution is 7.99. The van der Waals surface area contributed by atoms with E-state index in [1.165, 1.54) is 11.8 Å². The fraction of sp³-hybridized carbons (Fsp3) is 0.160. The van der Waals surface area contributed by atoms with Crippen LogP contribution in [0.5, 0.6) is 11.5 Å². The molecule has 33 heavy (non-hydrogen) atoms. The monoisotopic (exact) mass is 460 g/mol. The van der Waals surface area contributed by atoms with Crippen molar-refractivity contribution < 1.29 is 23.9 Å². The number of rotatable bonds is 6. The van der Waals surface area contributed by atoms with Crippen molar-refractivity contribution in [1.29, 1.82) is 0 Å². The minimum Gasteiger partial charge on any atom is -0.486 e. The minimum absolute atomic E-state index is 0.00386. The average molecular weight is 461 g/mol. The number of nitrogens with zero attached hydrogens (tertiary/aromatic N) is 1. The molecule has 0 bridgehead atoms. The van der Waals surface area contributed by atoms with Gasteiger partial charge in [-0.05, 0) is 24.3 Å². The maximum Gasteiger partial charge on any atom is 0.261 e. The first-order valence-electron chi connectivity index (χ1n) is 10.5. The van der Waals surface area contributed by atoms with E-state index in [0.29, 0.717) is 41.5 Å². The Labute approximate surface area is 194 Å². The molecular formula is C25H20N2O5S. The SMILES string of the molecule is O=C(CCN1C(=O)c2ccccc2C1=O)Nc1cc2c(cc1Sc1ccccc1)OCCO2. The zero-order valence-electron chi connectivity index (χ0n) is 17.6. The third-order valence-electron chi connectivity index (χ3n) is 5.33. The summed E-state index contributed by atoms with van der Waals surface area (Å²) in [5.41, 5.74) is 1.33. The van der Waals surface area contributed by atoms with Crippen LogP contribution in [0.1, 0.15) is 27.1 Å². The average Bonchev–Trinajstić information content (AvgIpc) is 3.08. The molecule has 3 amide bonds. The van der Waals surface area contributed by atoms with Crippen molar-refractivity contribution in [3.63, 3.8) is 0 Å². The molecule has 1 N–H and O–H groups in total. The van der Waals surface area contributed by atoms with Crippen LogP contribution in [0.3, 0.4) is 0 Å². The zero-order valence-corrected chi connectivity index (χ0v) is 18.4. The fourth-order valence-electron chi connectivity index (χ4n) is 3.74. The second-order valence-electron chi connectivity index (χ2n) is 7.51. The third-order valence-corrected chi connectivity index (χ3v) is 6.40. The summed E-state index contributed by atoms with van der Waals surface area (Å²) in [7, 11) is 0. The van der Waals surface area contributed by atoms with Crippen molar-refractivity contribution in [1.82, 2.24) is 4.90 Å². The summed E-state index contributed by atoms with van der Waals surface area (Å²) in [6.45, 7) is 0.906. The van der Waals surface area contributed by atoms with E-state index in [9.17, 15) is 14.4 Å². The van der Waals surface area contributed by atoms with Crippen LogP contribution in [0.4, 0.5) is 5.69 Å². The van der Waals surface area contributed by atoms with Crippen molar-refractivity contribution in [3.05, 3.63) is 77.9 Å². The maximum atomic E-state index is 12.8. The van der Waals surface area contributed by atoms with E-state index in [4.69, 9.17) is 9.47 Å². The van der Waals surface area contributed by atoms with E-state index >= 15 is 0 Å². The number of nitrogens with one attached hydrogen (secondary N) is 1. The van der Waals surface area contributed by atoms with Crippen LogP contribution in [0.25, 0.3) is 0 Å². The van der Waals surface area contributed by atoms with Gasteiger partial charge in [-0.1, -0.05) is 42.1 Å². The van der Waals surface area contributed by atoms with Crippen molar-refractivity contribution in [2.24, 2.45) is 0 Å². The molecule has 0 fully saturated rings. The fourth-order valence-corrected chi connectivity index (χ4v) is 4.67. The summed E-state index contributed by atoms with van der Waals surface area (Å²) in [4.78, 5) is 40.8. The lowest BCUT2D eigenvalue weighted by atomic mass is 10.1. The molecule has 2 aliphatic heterocycles. The lowest BCUT2D eigenvalue weighted by Gasteiger charge is -2.21. The van der Waals surface area contributed by atoms with Gasteiger partial charge in [-0.15, -0.1) is 0 Å². The minimum atomic E-state index is -0.372. The van der Waals surface area contributed by atoms with Gasteiger partial charge >= 0.3 is 0 Å². The number of ether oxygens (including phenoxy) is 2. The molecule has 0 radical (unpaired) electrons. The highest BCUT2D eigenvalue weighted by Crippen LogP contribution is 2.42. The first-order valence-corrected chi connectivity index (χ1v) is 11.3. The molecule has 0 aromatic heterocycles. The molecular weight excluding hydrogens is 440 g/mol. The lowest BCUT2D eigenvalue weighted by molar-refractivity contribution is -0.116. The smallest absolute Gasteiger partial charge is 0.261 e. The largest absolute Gasteiger partial charge is 0.486 e. The van der Waals surface area contributed by atoms with E-state index in [2.05, 4.69) is 5.32 Å². The molecule has 0 aliphatic carbocycles. The molecule has 0 unspecified atom stereocenters. The van der Waals surface area contributed by atoms with Gasteiger partial charge in [-0.2, -0.15) is 0 Å². The molecule has 166 valence electrons. The molecule has 2 aliphatic rings. The third kappa shape index (κ3) is 4.29. The molecule has 0 saturated carbocycles. The van der Waals surface area contributed by atoms with Crippen LogP contribution in [0.15, 0.2) is 76.5 Å². The van der Waals surface area contributed by atoms with Gasteiger partial charge in [-0.3, -0.25) is 19.3 Å². The van der Waals surface area contributed by atoms with Gasteiger partial charge in [0.1, 0.15) is 13.2 Å². The van der Waals surface area contributed by atoms with Crippen LogP contribution in [0.2, 0.25) is 0 Å². The van der Waals surface area contributed by atoms with Crippen molar-refractivity contribution in [3.8, 4) is 11.5 Å². The summed E-state index contributed by atoms with van der Waals surface area (Å²) in [5.74, 6) is 0.141. The van der Waals surface area contributed by atoms with Crippen LogP contribution in [-0.2, 0) is 4.79 Å². The number of hydrogen-bond donors (Lipinski definition) is 1. The highest BCUT2D eigenvalue weighted by Gasteiger charge is 2.35.